The number of carbonyl (C=O) groups excluding carboxylic acids is 1. The van der Waals surface area contributed by atoms with E-state index in [1.807, 2.05) is 83.4 Å². The quantitative estimate of drug-likeness (QED) is 0.427. The van der Waals surface area contributed by atoms with Crippen LogP contribution in [0.2, 0.25) is 0 Å². The number of methoxy groups -OCH3 is 2. The summed E-state index contributed by atoms with van der Waals surface area (Å²) < 4.78 is 14.6. The molecule has 4 aromatic rings. The fourth-order valence-electron chi connectivity index (χ4n) is 4.51. The minimum Gasteiger partial charge on any atom is -0.497 e. The molecule has 0 unspecified atom stereocenters. The maximum Gasteiger partial charge on any atom is 0.272 e. The van der Waals surface area contributed by atoms with E-state index in [1.165, 1.54) is 0 Å². The van der Waals surface area contributed by atoms with E-state index in [2.05, 4.69) is 11.0 Å². The molecule has 0 atom stereocenters. The number of piperazine rings is 1. The number of aromatic nitrogens is 3. The normalized spacial score (nSPS) is 13.7. The molecule has 0 bridgehead atoms. The number of rotatable bonds is 6. The molecule has 0 N–H and O–H groups in total. The zero-order valence-electron chi connectivity index (χ0n) is 20.2. The van der Waals surface area contributed by atoms with Crippen LogP contribution in [-0.2, 0) is 7.05 Å². The van der Waals surface area contributed by atoms with Crippen molar-refractivity contribution >= 4 is 11.6 Å². The molecular weight excluding hydrogens is 442 g/mol. The molecule has 1 fully saturated rings. The second-order valence-electron chi connectivity index (χ2n) is 8.48. The average Bonchev–Trinajstić information content (AvgIpc) is 3.54. The van der Waals surface area contributed by atoms with Crippen molar-refractivity contribution in [3.05, 3.63) is 78.6 Å². The van der Waals surface area contributed by atoms with Crippen molar-refractivity contribution < 1.29 is 14.3 Å². The van der Waals surface area contributed by atoms with E-state index < -0.39 is 0 Å². The van der Waals surface area contributed by atoms with Gasteiger partial charge in [0.15, 0.2) is 0 Å². The summed E-state index contributed by atoms with van der Waals surface area (Å²) in [6.07, 6.45) is 1.97. The minimum absolute atomic E-state index is 0.0338. The molecule has 1 aliphatic rings. The fourth-order valence-corrected chi connectivity index (χ4v) is 4.51. The van der Waals surface area contributed by atoms with E-state index in [0.717, 1.165) is 47.4 Å². The molecule has 1 amide bonds. The molecule has 180 valence electrons. The van der Waals surface area contributed by atoms with Gasteiger partial charge in [0, 0.05) is 39.4 Å². The summed E-state index contributed by atoms with van der Waals surface area (Å²) in [7, 11) is 5.29. The zero-order valence-corrected chi connectivity index (χ0v) is 20.2. The molecule has 8 heteroatoms. The Morgan fingerprint density at radius 2 is 1.63 bits per heavy atom. The number of benzene rings is 2. The molecular formula is C27H29N5O3. The van der Waals surface area contributed by atoms with Crippen LogP contribution in [0.5, 0.6) is 11.5 Å². The van der Waals surface area contributed by atoms with Crippen molar-refractivity contribution in [1.29, 1.82) is 0 Å². The maximum atomic E-state index is 13.7. The Morgan fingerprint density at radius 3 is 2.29 bits per heavy atom. The van der Waals surface area contributed by atoms with Gasteiger partial charge < -0.3 is 23.8 Å². The molecule has 8 nitrogen and oxygen atoms in total. The number of para-hydroxylation sites is 2. The van der Waals surface area contributed by atoms with E-state index in [1.54, 1.807) is 18.9 Å². The van der Waals surface area contributed by atoms with Crippen LogP contribution in [0.25, 0.3) is 17.1 Å². The average molecular weight is 472 g/mol. The Hall–Kier alpha value is -4.20. The van der Waals surface area contributed by atoms with Gasteiger partial charge in [0.05, 0.1) is 31.3 Å². The third kappa shape index (κ3) is 4.35. The molecule has 0 radical (unpaired) electrons. The van der Waals surface area contributed by atoms with Gasteiger partial charge in [-0.1, -0.05) is 12.1 Å². The van der Waals surface area contributed by atoms with Crippen molar-refractivity contribution in [3.8, 4) is 28.6 Å². The molecule has 5 rings (SSSR count). The van der Waals surface area contributed by atoms with Gasteiger partial charge in [-0.3, -0.25) is 4.79 Å². The number of nitrogens with zero attached hydrogens (tertiary/aromatic N) is 5. The van der Waals surface area contributed by atoms with Gasteiger partial charge in [-0.15, -0.1) is 0 Å². The van der Waals surface area contributed by atoms with E-state index in [-0.39, 0.29) is 5.91 Å². The first-order valence-corrected chi connectivity index (χ1v) is 11.6. The SMILES string of the molecule is COc1ccc(-n2nc(-c3cccn3C)cc2C(=O)N2CCN(c3ccccc3OC)CC2)cc1. The molecule has 35 heavy (non-hydrogen) atoms. The lowest BCUT2D eigenvalue weighted by Crippen LogP contribution is -2.49. The first-order valence-electron chi connectivity index (χ1n) is 11.6. The number of ether oxygens (including phenoxy) is 2. The number of anilines is 1. The van der Waals surface area contributed by atoms with Gasteiger partial charge in [0.1, 0.15) is 22.9 Å². The predicted molar refractivity (Wildman–Crippen MR) is 136 cm³/mol. The number of hydrogen-bond donors (Lipinski definition) is 0. The summed E-state index contributed by atoms with van der Waals surface area (Å²) in [5, 5.41) is 4.82. The van der Waals surface area contributed by atoms with Gasteiger partial charge in [0.2, 0.25) is 0 Å². The number of amides is 1. The van der Waals surface area contributed by atoms with Crippen molar-refractivity contribution in [2.24, 2.45) is 7.05 Å². The largest absolute Gasteiger partial charge is 0.497 e. The third-order valence-electron chi connectivity index (χ3n) is 6.44. The smallest absolute Gasteiger partial charge is 0.272 e. The maximum absolute atomic E-state index is 13.7. The summed E-state index contributed by atoms with van der Waals surface area (Å²) in [6, 6.07) is 21.4. The molecule has 1 saturated heterocycles. The summed E-state index contributed by atoms with van der Waals surface area (Å²) in [5.74, 6) is 1.56. The molecule has 2 aromatic carbocycles. The third-order valence-corrected chi connectivity index (χ3v) is 6.44. The molecule has 2 aromatic heterocycles. The Bertz CT molecular complexity index is 1320. The second-order valence-corrected chi connectivity index (χ2v) is 8.48. The monoisotopic (exact) mass is 471 g/mol. The second kappa shape index (κ2) is 9.58. The van der Waals surface area contributed by atoms with E-state index in [0.29, 0.717) is 18.8 Å². The van der Waals surface area contributed by atoms with Crippen LogP contribution in [0.4, 0.5) is 5.69 Å². The van der Waals surface area contributed by atoms with Gasteiger partial charge in [-0.25, -0.2) is 4.68 Å². The molecule has 0 aliphatic carbocycles. The van der Waals surface area contributed by atoms with Gasteiger partial charge in [-0.2, -0.15) is 5.10 Å². The Balaban J connectivity index is 1.43. The number of aryl methyl sites for hydroxylation is 1. The van der Waals surface area contributed by atoms with Crippen molar-refractivity contribution in [3.63, 3.8) is 0 Å². The highest BCUT2D eigenvalue weighted by atomic mass is 16.5. The highest BCUT2D eigenvalue weighted by Crippen LogP contribution is 2.29. The Kier molecular flexibility index (Phi) is 6.18. The van der Waals surface area contributed by atoms with Gasteiger partial charge in [-0.05, 0) is 54.6 Å². The lowest BCUT2D eigenvalue weighted by atomic mass is 10.2. The highest BCUT2D eigenvalue weighted by Gasteiger charge is 2.27. The minimum atomic E-state index is -0.0338. The summed E-state index contributed by atoms with van der Waals surface area (Å²) in [4.78, 5) is 17.9. The predicted octanol–water partition coefficient (Wildman–Crippen LogP) is 3.86. The van der Waals surface area contributed by atoms with Crippen LogP contribution in [0, 0.1) is 0 Å². The fraction of sp³-hybridized carbons (Fsp3) is 0.259. The van der Waals surface area contributed by atoms with Crippen LogP contribution in [0.3, 0.4) is 0 Å². The van der Waals surface area contributed by atoms with E-state index >= 15 is 0 Å². The van der Waals surface area contributed by atoms with Crippen LogP contribution in [-0.4, -0.2) is 65.6 Å². The van der Waals surface area contributed by atoms with E-state index in [9.17, 15) is 4.79 Å². The highest BCUT2D eigenvalue weighted by molar-refractivity contribution is 5.94. The van der Waals surface area contributed by atoms with E-state index in [4.69, 9.17) is 14.6 Å². The summed E-state index contributed by atoms with van der Waals surface area (Å²) in [5.41, 5.74) is 4.10. The first kappa shape index (κ1) is 22.6. The molecule has 0 saturated carbocycles. The molecule has 0 spiro atoms. The Morgan fingerprint density at radius 1 is 0.886 bits per heavy atom. The van der Waals surface area contributed by atoms with Gasteiger partial charge in [0.25, 0.3) is 5.91 Å². The summed E-state index contributed by atoms with van der Waals surface area (Å²) in [6.45, 7) is 2.69. The lowest BCUT2D eigenvalue weighted by Gasteiger charge is -2.36. The Labute approximate surface area is 204 Å². The van der Waals surface area contributed by atoms with Crippen LogP contribution in [0.15, 0.2) is 72.9 Å². The first-order chi connectivity index (χ1) is 17.1. The number of carbonyl (C=O) groups is 1. The van der Waals surface area contributed by atoms with Crippen LogP contribution in [0.1, 0.15) is 10.5 Å². The van der Waals surface area contributed by atoms with Crippen LogP contribution >= 0.6 is 0 Å². The standard InChI is InChI=1S/C27H29N5O3/c1-29-14-6-8-23(29)22-19-25(32(28-22)20-10-12-21(34-2)13-11-20)27(33)31-17-15-30(16-18-31)24-7-4-5-9-26(24)35-3/h4-14,19H,15-18H2,1-3H3. The number of hydrogen-bond acceptors (Lipinski definition) is 5. The topological polar surface area (TPSA) is 64.8 Å². The lowest BCUT2D eigenvalue weighted by molar-refractivity contribution is 0.0737. The van der Waals surface area contributed by atoms with Crippen molar-refractivity contribution in [2.45, 2.75) is 0 Å². The van der Waals surface area contributed by atoms with Crippen molar-refractivity contribution in [1.82, 2.24) is 19.2 Å². The van der Waals surface area contributed by atoms with Crippen LogP contribution < -0.4 is 14.4 Å². The zero-order chi connectivity index (χ0) is 24.4. The summed E-state index contributed by atoms with van der Waals surface area (Å²) >= 11 is 0. The molecule has 3 heterocycles. The van der Waals surface area contributed by atoms with Crippen molar-refractivity contribution in [2.75, 3.05) is 45.3 Å². The molecule has 1 aliphatic heterocycles. The van der Waals surface area contributed by atoms with Gasteiger partial charge >= 0.3 is 0 Å².